The Bertz CT molecular complexity index is 688. The number of H-pyrrole nitrogens is 1. The molecule has 2 N–H and O–H groups in total. The van der Waals surface area contributed by atoms with Crippen LogP contribution in [0.3, 0.4) is 0 Å². The minimum absolute atomic E-state index is 0.232. The highest BCUT2D eigenvalue weighted by Gasteiger charge is 2.06. The lowest BCUT2D eigenvalue weighted by Crippen LogP contribution is -1.83. The second-order valence-corrected chi connectivity index (χ2v) is 4.04. The van der Waals surface area contributed by atoms with E-state index >= 15 is 0 Å². The van der Waals surface area contributed by atoms with Crippen molar-refractivity contribution in [1.82, 2.24) is 15.0 Å². The first kappa shape index (κ1) is 9.84. The van der Waals surface area contributed by atoms with Crippen molar-refractivity contribution in [3.63, 3.8) is 0 Å². The van der Waals surface area contributed by atoms with Gasteiger partial charge in [0.05, 0.1) is 11.0 Å². The minimum atomic E-state index is 0.232. The van der Waals surface area contributed by atoms with E-state index in [1.54, 1.807) is 30.6 Å². The van der Waals surface area contributed by atoms with Crippen LogP contribution in [0.5, 0.6) is 5.75 Å². The molecular weight excluding hydrogens is 214 g/mol. The van der Waals surface area contributed by atoms with Gasteiger partial charge in [-0.2, -0.15) is 0 Å². The van der Waals surface area contributed by atoms with Gasteiger partial charge in [-0.05, 0) is 30.7 Å². The molecule has 17 heavy (non-hydrogen) atoms. The molecule has 0 aliphatic carbocycles. The van der Waals surface area contributed by atoms with Crippen LogP contribution in [0.2, 0.25) is 0 Å². The smallest absolute Gasteiger partial charge is 0.140 e. The third-order valence-electron chi connectivity index (χ3n) is 2.61. The summed E-state index contributed by atoms with van der Waals surface area (Å²) in [5.41, 5.74) is 3.69. The third kappa shape index (κ3) is 1.73. The number of aromatic hydroxyl groups is 1. The van der Waals surface area contributed by atoms with Gasteiger partial charge in [-0.25, -0.2) is 4.98 Å². The molecule has 0 saturated carbocycles. The number of phenolic OH excluding ortho intramolecular Hbond substituents is 1. The highest BCUT2D eigenvalue weighted by molar-refractivity contribution is 5.80. The number of rotatable bonds is 1. The Labute approximate surface area is 98.0 Å². The zero-order valence-electron chi connectivity index (χ0n) is 9.31. The first-order chi connectivity index (χ1) is 8.22. The lowest BCUT2D eigenvalue weighted by Gasteiger charge is -1.96. The van der Waals surface area contributed by atoms with Gasteiger partial charge in [0.2, 0.25) is 0 Å². The molecule has 0 unspecified atom stereocenters. The van der Waals surface area contributed by atoms with E-state index < -0.39 is 0 Å². The van der Waals surface area contributed by atoms with E-state index in [0.29, 0.717) is 0 Å². The van der Waals surface area contributed by atoms with Crippen molar-refractivity contribution in [3.8, 4) is 17.1 Å². The number of aromatic amines is 1. The number of nitrogens with one attached hydrogen (secondary N) is 1. The summed E-state index contributed by atoms with van der Waals surface area (Å²) >= 11 is 0. The highest BCUT2D eigenvalue weighted by Crippen LogP contribution is 2.22. The lowest BCUT2D eigenvalue weighted by molar-refractivity contribution is 0.476. The van der Waals surface area contributed by atoms with Crippen LogP contribution in [0, 0.1) is 6.92 Å². The summed E-state index contributed by atoms with van der Waals surface area (Å²) in [4.78, 5) is 11.8. The van der Waals surface area contributed by atoms with Crippen molar-refractivity contribution in [1.29, 1.82) is 0 Å². The van der Waals surface area contributed by atoms with E-state index in [1.807, 2.05) is 13.0 Å². The number of benzene rings is 1. The molecule has 3 aromatic rings. The Hall–Kier alpha value is -2.36. The minimum Gasteiger partial charge on any atom is -0.508 e. The number of hydrogen-bond donors (Lipinski definition) is 2. The molecule has 3 rings (SSSR count). The average Bonchev–Trinajstić information content (AvgIpc) is 2.72. The molecule has 0 amide bonds. The van der Waals surface area contributed by atoms with Gasteiger partial charge in [-0.3, -0.25) is 4.98 Å². The predicted molar refractivity (Wildman–Crippen MR) is 65.7 cm³/mol. The fraction of sp³-hybridized carbons (Fsp3) is 0.0769. The van der Waals surface area contributed by atoms with Crippen molar-refractivity contribution >= 4 is 11.0 Å². The molecule has 4 heteroatoms. The first-order valence-electron chi connectivity index (χ1n) is 5.33. The normalized spacial score (nSPS) is 10.9. The zero-order valence-corrected chi connectivity index (χ0v) is 9.31. The van der Waals surface area contributed by atoms with Crippen LogP contribution in [-0.4, -0.2) is 20.1 Å². The second-order valence-electron chi connectivity index (χ2n) is 4.04. The monoisotopic (exact) mass is 225 g/mol. The Morgan fingerprint density at radius 3 is 2.88 bits per heavy atom. The van der Waals surface area contributed by atoms with Crippen molar-refractivity contribution in [2.45, 2.75) is 6.92 Å². The van der Waals surface area contributed by atoms with Gasteiger partial charge < -0.3 is 10.1 Å². The molecule has 0 aliphatic rings. The van der Waals surface area contributed by atoms with Crippen LogP contribution < -0.4 is 0 Å². The standard InChI is InChI=1S/C13H11N3O/c1-8-4-9(7-14-6-8)13-15-11-3-2-10(17)5-12(11)16-13/h2-7,17H,1H3,(H,15,16). The van der Waals surface area contributed by atoms with E-state index in [4.69, 9.17) is 0 Å². The third-order valence-corrected chi connectivity index (χ3v) is 2.61. The summed E-state index contributed by atoms with van der Waals surface area (Å²) in [6.45, 7) is 1.99. The number of fused-ring (bicyclic) bond motifs is 1. The van der Waals surface area contributed by atoms with Gasteiger partial charge in [0.25, 0.3) is 0 Å². The Kier molecular flexibility index (Phi) is 2.08. The average molecular weight is 225 g/mol. The fourth-order valence-corrected chi connectivity index (χ4v) is 1.82. The Morgan fingerprint density at radius 1 is 1.18 bits per heavy atom. The fourth-order valence-electron chi connectivity index (χ4n) is 1.82. The van der Waals surface area contributed by atoms with E-state index in [-0.39, 0.29) is 5.75 Å². The van der Waals surface area contributed by atoms with E-state index in [1.165, 1.54) is 0 Å². The molecule has 0 radical (unpaired) electrons. The van der Waals surface area contributed by atoms with Crippen molar-refractivity contribution in [3.05, 3.63) is 42.2 Å². The maximum atomic E-state index is 9.39. The Morgan fingerprint density at radius 2 is 2.06 bits per heavy atom. The molecule has 1 aromatic carbocycles. The van der Waals surface area contributed by atoms with E-state index in [2.05, 4.69) is 15.0 Å². The zero-order chi connectivity index (χ0) is 11.8. The molecule has 0 fully saturated rings. The number of nitrogens with zero attached hydrogens (tertiary/aromatic N) is 2. The summed E-state index contributed by atoms with van der Waals surface area (Å²) in [6.07, 6.45) is 3.57. The molecular formula is C13H11N3O. The van der Waals surface area contributed by atoms with Crippen molar-refractivity contribution in [2.75, 3.05) is 0 Å². The largest absolute Gasteiger partial charge is 0.508 e. The van der Waals surface area contributed by atoms with Gasteiger partial charge in [-0.15, -0.1) is 0 Å². The molecule has 0 bridgehead atoms. The summed E-state index contributed by atoms with van der Waals surface area (Å²) < 4.78 is 0. The predicted octanol–water partition coefficient (Wildman–Crippen LogP) is 2.64. The molecule has 0 saturated heterocycles. The van der Waals surface area contributed by atoms with Crippen LogP contribution in [0.4, 0.5) is 0 Å². The second kappa shape index (κ2) is 3.59. The van der Waals surface area contributed by atoms with Crippen molar-refractivity contribution in [2.24, 2.45) is 0 Å². The van der Waals surface area contributed by atoms with Gasteiger partial charge in [0.1, 0.15) is 11.6 Å². The number of aryl methyl sites for hydroxylation is 1. The Balaban J connectivity index is 2.18. The number of phenols is 1. The molecule has 2 heterocycles. The maximum Gasteiger partial charge on any atom is 0.140 e. The van der Waals surface area contributed by atoms with Gasteiger partial charge in [-0.1, -0.05) is 0 Å². The first-order valence-corrected chi connectivity index (χ1v) is 5.33. The van der Waals surface area contributed by atoms with Crippen LogP contribution >= 0.6 is 0 Å². The molecule has 4 nitrogen and oxygen atoms in total. The van der Waals surface area contributed by atoms with Gasteiger partial charge >= 0.3 is 0 Å². The quantitative estimate of drug-likeness (QED) is 0.669. The summed E-state index contributed by atoms with van der Waals surface area (Å²) in [7, 11) is 0. The van der Waals surface area contributed by atoms with Gasteiger partial charge in [0, 0.05) is 24.0 Å². The van der Waals surface area contributed by atoms with Crippen LogP contribution in [-0.2, 0) is 0 Å². The maximum absolute atomic E-state index is 9.39. The molecule has 0 aliphatic heterocycles. The molecule has 0 atom stereocenters. The number of aromatic nitrogens is 3. The number of hydrogen-bond acceptors (Lipinski definition) is 3. The van der Waals surface area contributed by atoms with Gasteiger partial charge in [0.15, 0.2) is 0 Å². The van der Waals surface area contributed by atoms with E-state index in [9.17, 15) is 5.11 Å². The topological polar surface area (TPSA) is 61.8 Å². The lowest BCUT2D eigenvalue weighted by atomic mass is 10.2. The van der Waals surface area contributed by atoms with Crippen LogP contribution in [0.15, 0.2) is 36.7 Å². The summed E-state index contributed by atoms with van der Waals surface area (Å²) in [5.74, 6) is 0.997. The van der Waals surface area contributed by atoms with Crippen LogP contribution in [0.25, 0.3) is 22.4 Å². The van der Waals surface area contributed by atoms with Crippen LogP contribution in [0.1, 0.15) is 5.56 Å². The number of pyridine rings is 1. The SMILES string of the molecule is Cc1cncc(-c2nc3ccc(O)cc3[nH]2)c1. The molecule has 84 valence electrons. The van der Waals surface area contributed by atoms with Crippen molar-refractivity contribution < 1.29 is 5.11 Å². The highest BCUT2D eigenvalue weighted by atomic mass is 16.3. The summed E-state index contributed by atoms with van der Waals surface area (Å²) in [5, 5.41) is 9.39. The molecule has 2 aromatic heterocycles. The van der Waals surface area contributed by atoms with E-state index in [0.717, 1.165) is 28.0 Å². The molecule has 0 spiro atoms. The summed E-state index contributed by atoms with van der Waals surface area (Å²) in [6, 6.07) is 7.09. The number of imidazole rings is 1.